The monoisotopic (exact) mass is 265 g/mol. The van der Waals surface area contributed by atoms with Gasteiger partial charge in [0.2, 0.25) is 0 Å². The minimum absolute atomic E-state index is 0.0511. The van der Waals surface area contributed by atoms with Crippen molar-refractivity contribution >= 4 is 5.78 Å². The number of rotatable bonds is 5. The highest BCUT2D eigenvalue weighted by molar-refractivity contribution is 5.83. The van der Waals surface area contributed by atoms with Gasteiger partial charge in [0.05, 0.1) is 7.11 Å². The van der Waals surface area contributed by atoms with Crippen LogP contribution in [0.3, 0.4) is 0 Å². The lowest BCUT2D eigenvalue weighted by molar-refractivity contribution is -0.123. The first-order chi connectivity index (χ1) is 9.15. The van der Waals surface area contributed by atoms with E-state index < -0.39 is 5.82 Å². The van der Waals surface area contributed by atoms with Gasteiger partial charge in [0, 0.05) is 12.3 Å². The number of hydrogen-bond acceptors (Lipinski definition) is 3. The van der Waals surface area contributed by atoms with Gasteiger partial charge in [0.1, 0.15) is 5.78 Å². The van der Waals surface area contributed by atoms with Crippen molar-refractivity contribution < 1.29 is 13.9 Å². The molecular formula is C15H20FNO2. The van der Waals surface area contributed by atoms with Gasteiger partial charge in [0.15, 0.2) is 11.6 Å². The smallest absolute Gasteiger partial charge is 0.165 e. The Morgan fingerprint density at radius 2 is 2.26 bits per heavy atom. The molecule has 0 aromatic heterocycles. The van der Waals surface area contributed by atoms with E-state index in [2.05, 4.69) is 0 Å². The lowest BCUT2D eigenvalue weighted by atomic mass is 9.89. The van der Waals surface area contributed by atoms with Gasteiger partial charge in [-0.1, -0.05) is 12.5 Å². The number of carbonyl (C=O) groups excluding carboxylic acids is 1. The molecule has 1 fully saturated rings. The van der Waals surface area contributed by atoms with Crippen LogP contribution in [-0.4, -0.2) is 19.4 Å². The number of ketones is 1. The maximum atomic E-state index is 13.6. The van der Waals surface area contributed by atoms with E-state index in [1.807, 2.05) is 0 Å². The van der Waals surface area contributed by atoms with E-state index in [4.69, 9.17) is 10.5 Å². The third kappa shape index (κ3) is 3.13. The normalized spacial score (nSPS) is 22.5. The fourth-order valence-corrected chi connectivity index (χ4v) is 2.89. The van der Waals surface area contributed by atoms with Crippen LogP contribution in [-0.2, 0) is 11.2 Å². The molecule has 1 aliphatic rings. The highest BCUT2D eigenvalue weighted by Crippen LogP contribution is 2.32. The molecule has 1 aromatic carbocycles. The summed E-state index contributed by atoms with van der Waals surface area (Å²) >= 11 is 0. The van der Waals surface area contributed by atoms with Gasteiger partial charge in [-0.05, 0) is 43.0 Å². The van der Waals surface area contributed by atoms with E-state index >= 15 is 0 Å². The number of carbonyl (C=O) groups is 1. The van der Waals surface area contributed by atoms with Crippen LogP contribution in [0.4, 0.5) is 4.39 Å². The van der Waals surface area contributed by atoms with Crippen LogP contribution in [0, 0.1) is 17.7 Å². The number of hydrogen-bond donors (Lipinski definition) is 1. The predicted octanol–water partition coefficient (Wildman–Crippen LogP) is 2.32. The van der Waals surface area contributed by atoms with Crippen molar-refractivity contribution in [3.05, 3.63) is 29.6 Å². The third-order valence-corrected chi connectivity index (χ3v) is 3.97. The fraction of sp³-hybridized carbons (Fsp3) is 0.533. The molecular weight excluding hydrogens is 245 g/mol. The second kappa shape index (κ2) is 6.15. The van der Waals surface area contributed by atoms with Gasteiger partial charge in [-0.15, -0.1) is 0 Å². The molecule has 0 bridgehead atoms. The minimum Gasteiger partial charge on any atom is -0.494 e. The molecule has 0 saturated heterocycles. The van der Waals surface area contributed by atoms with Crippen molar-refractivity contribution in [3.63, 3.8) is 0 Å². The molecule has 0 heterocycles. The lowest BCUT2D eigenvalue weighted by Gasteiger charge is -2.16. The van der Waals surface area contributed by atoms with E-state index in [-0.39, 0.29) is 23.9 Å². The molecule has 2 N–H and O–H groups in total. The molecule has 0 amide bonds. The first kappa shape index (κ1) is 14.0. The zero-order chi connectivity index (χ0) is 13.8. The summed E-state index contributed by atoms with van der Waals surface area (Å²) in [5, 5.41) is 0. The highest BCUT2D eigenvalue weighted by Gasteiger charge is 2.31. The molecule has 0 aliphatic heterocycles. The summed E-state index contributed by atoms with van der Waals surface area (Å²) in [6, 6.07) is 4.68. The largest absolute Gasteiger partial charge is 0.494 e. The minimum atomic E-state index is -0.422. The van der Waals surface area contributed by atoms with Crippen molar-refractivity contribution in [1.29, 1.82) is 0 Å². The Morgan fingerprint density at radius 3 is 2.89 bits per heavy atom. The number of nitrogens with two attached hydrogens (primary N) is 1. The van der Waals surface area contributed by atoms with E-state index in [1.165, 1.54) is 13.2 Å². The first-order valence-electron chi connectivity index (χ1n) is 6.71. The molecule has 4 heteroatoms. The fourth-order valence-electron chi connectivity index (χ4n) is 2.89. The van der Waals surface area contributed by atoms with Gasteiger partial charge in [-0.3, -0.25) is 4.79 Å². The second-order valence-electron chi connectivity index (χ2n) is 5.15. The highest BCUT2D eigenvalue weighted by atomic mass is 19.1. The molecule has 104 valence electrons. The molecule has 2 unspecified atom stereocenters. The quantitative estimate of drug-likeness (QED) is 0.889. The van der Waals surface area contributed by atoms with Crippen molar-refractivity contribution in [3.8, 4) is 5.75 Å². The number of ether oxygens (including phenoxy) is 1. The molecule has 1 aliphatic carbocycles. The Kier molecular flexibility index (Phi) is 4.53. The number of benzene rings is 1. The zero-order valence-electron chi connectivity index (χ0n) is 11.2. The van der Waals surface area contributed by atoms with Crippen molar-refractivity contribution in [2.75, 3.05) is 13.7 Å². The number of halogens is 1. The van der Waals surface area contributed by atoms with E-state index in [0.29, 0.717) is 18.0 Å². The SMILES string of the molecule is COc1ccc(CC(=O)C2CCCC2CN)cc1F. The Balaban J connectivity index is 2.04. The summed E-state index contributed by atoms with van der Waals surface area (Å²) in [7, 11) is 1.42. The molecule has 2 atom stereocenters. The third-order valence-electron chi connectivity index (χ3n) is 3.97. The lowest BCUT2D eigenvalue weighted by Crippen LogP contribution is -2.26. The molecule has 0 radical (unpaired) electrons. The molecule has 0 spiro atoms. The first-order valence-corrected chi connectivity index (χ1v) is 6.71. The number of Topliss-reactive ketones (excluding diaryl/α,β-unsaturated/α-hetero) is 1. The maximum Gasteiger partial charge on any atom is 0.165 e. The van der Waals surface area contributed by atoms with E-state index in [9.17, 15) is 9.18 Å². The zero-order valence-corrected chi connectivity index (χ0v) is 11.2. The molecule has 19 heavy (non-hydrogen) atoms. The summed E-state index contributed by atoms with van der Waals surface area (Å²) in [6.45, 7) is 0.563. The van der Waals surface area contributed by atoms with Crippen LogP contribution < -0.4 is 10.5 Å². The topological polar surface area (TPSA) is 52.3 Å². The van der Waals surface area contributed by atoms with Gasteiger partial charge < -0.3 is 10.5 Å². The molecule has 1 aromatic rings. The van der Waals surface area contributed by atoms with Crippen molar-refractivity contribution in [2.24, 2.45) is 17.6 Å². The second-order valence-corrected chi connectivity index (χ2v) is 5.15. The van der Waals surface area contributed by atoms with Crippen LogP contribution >= 0.6 is 0 Å². The average Bonchev–Trinajstić information content (AvgIpc) is 2.87. The van der Waals surface area contributed by atoms with Crippen LogP contribution in [0.1, 0.15) is 24.8 Å². The van der Waals surface area contributed by atoms with Crippen LogP contribution in [0.15, 0.2) is 18.2 Å². The number of methoxy groups -OCH3 is 1. The molecule has 3 nitrogen and oxygen atoms in total. The van der Waals surface area contributed by atoms with E-state index in [1.54, 1.807) is 12.1 Å². The summed E-state index contributed by atoms with van der Waals surface area (Å²) in [5.74, 6) is 0.315. The van der Waals surface area contributed by atoms with Crippen molar-refractivity contribution in [1.82, 2.24) is 0 Å². The van der Waals surface area contributed by atoms with Crippen LogP contribution in [0.5, 0.6) is 5.75 Å². The Bertz CT molecular complexity index is 461. The van der Waals surface area contributed by atoms with Gasteiger partial charge in [-0.25, -0.2) is 4.39 Å². The average molecular weight is 265 g/mol. The molecule has 2 rings (SSSR count). The Morgan fingerprint density at radius 1 is 1.47 bits per heavy atom. The Hall–Kier alpha value is -1.42. The predicted molar refractivity (Wildman–Crippen MR) is 71.5 cm³/mol. The van der Waals surface area contributed by atoms with Gasteiger partial charge >= 0.3 is 0 Å². The summed E-state index contributed by atoms with van der Waals surface area (Å²) in [6.07, 6.45) is 3.29. The maximum absolute atomic E-state index is 13.6. The van der Waals surface area contributed by atoms with Crippen LogP contribution in [0.2, 0.25) is 0 Å². The summed E-state index contributed by atoms with van der Waals surface area (Å²) < 4.78 is 18.4. The van der Waals surface area contributed by atoms with Crippen molar-refractivity contribution in [2.45, 2.75) is 25.7 Å². The van der Waals surface area contributed by atoms with Gasteiger partial charge in [0.25, 0.3) is 0 Å². The molecule has 1 saturated carbocycles. The summed E-state index contributed by atoms with van der Waals surface area (Å²) in [5.41, 5.74) is 6.39. The summed E-state index contributed by atoms with van der Waals surface area (Å²) in [4.78, 5) is 12.2. The standard InChI is InChI=1S/C15H20FNO2/c1-19-15-6-5-10(7-13(15)16)8-14(18)12-4-2-3-11(12)9-17/h5-7,11-12H,2-4,8-9,17H2,1H3. The van der Waals surface area contributed by atoms with Gasteiger partial charge in [-0.2, -0.15) is 0 Å². The van der Waals surface area contributed by atoms with Crippen LogP contribution in [0.25, 0.3) is 0 Å². The Labute approximate surface area is 112 Å². The van der Waals surface area contributed by atoms with E-state index in [0.717, 1.165) is 19.3 Å².